The SMILES string of the molecule is Cc1nc(Cl)sc1S(=O)(=O)Nc1c(Cl)ccc2scnc12. The van der Waals surface area contributed by atoms with Crippen LogP contribution in [0.1, 0.15) is 5.69 Å². The van der Waals surface area contributed by atoms with Crippen molar-refractivity contribution in [3.63, 3.8) is 0 Å². The minimum absolute atomic E-state index is 0.0656. The third-order valence-corrected chi connectivity index (χ3v) is 6.99. The standard InChI is InChI=1S/C11H7Cl2N3O2S3/c1-5-10(20-11(13)15-5)21(17,18)16-8-6(12)2-3-7-9(8)14-4-19-7/h2-4,16H,1H3. The maximum absolute atomic E-state index is 12.5. The number of hydrogen-bond donors (Lipinski definition) is 1. The Labute approximate surface area is 138 Å². The lowest BCUT2D eigenvalue weighted by Gasteiger charge is -2.09. The van der Waals surface area contributed by atoms with E-state index in [-0.39, 0.29) is 19.4 Å². The Morgan fingerprint density at radius 2 is 2.05 bits per heavy atom. The average molecular weight is 380 g/mol. The summed E-state index contributed by atoms with van der Waals surface area (Å²) in [5.41, 5.74) is 2.76. The van der Waals surface area contributed by atoms with Crippen LogP contribution in [-0.2, 0) is 10.0 Å². The van der Waals surface area contributed by atoms with Crippen LogP contribution in [0.2, 0.25) is 9.49 Å². The predicted molar refractivity (Wildman–Crippen MR) is 87.3 cm³/mol. The molecule has 10 heteroatoms. The molecule has 0 aliphatic heterocycles. The number of fused-ring (bicyclic) bond motifs is 1. The number of nitrogens with zero attached hydrogens (tertiary/aromatic N) is 2. The molecular formula is C11H7Cl2N3O2S3. The van der Waals surface area contributed by atoms with Gasteiger partial charge in [0.2, 0.25) is 0 Å². The van der Waals surface area contributed by atoms with Gasteiger partial charge in [-0.05, 0) is 19.1 Å². The average Bonchev–Trinajstić information content (AvgIpc) is 2.99. The fourth-order valence-electron chi connectivity index (χ4n) is 1.78. The maximum Gasteiger partial charge on any atom is 0.273 e. The number of thiazole rings is 2. The number of aromatic nitrogens is 2. The van der Waals surface area contributed by atoms with E-state index in [0.29, 0.717) is 11.2 Å². The monoisotopic (exact) mass is 379 g/mol. The maximum atomic E-state index is 12.5. The smallest absolute Gasteiger partial charge is 0.273 e. The molecule has 110 valence electrons. The van der Waals surface area contributed by atoms with E-state index >= 15 is 0 Å². The second kappa shape index (κ2) is 5.36. The van der Waals surface area contributed by atoms with Gasteiger partial charge in [-0.15, -0.1) is 11.3 Å². The largest absolute Gasteiger partial charge is 0.275 e. The van der Waals surface area contributed by atoms with Crippen LogP contribution in [0.25, 0.3) is 10.2 Å². The van der Waals surface area contributed by atoms with Crippen LogP contribution in [0.4, 0.5) is 5.69 Å². The Morgan fingerprint density at radius 1 is 1.29 bits per heavy atom. The van der Waals surface area contributed by atoms with Crippen LogP contribution in [0.5, 0.6) is 0 Å². The lowest BCUT2D eigenvalue weighted by molar-refractivity contribution is 0.602. The summed E-state index contributed by atoms with van der Waals surface area (Å²) >= 11 is 14.2. The molecule has 1 N–H and O–H groups in total. The van der Waals surface area contributed by atoms with Crippen LogP contribution in [-0.4, -0.2) is 18.4 Å². The highest BCUT2D eigenvalue weighted by Gasteiger charge is 2.24. The molecule has 0 aliphatic rings. The van der Waals surface area contributed by atoms with Gasteiger partial charge in [0.05, 0.1) is 26.6 Å². The van der Waals surface area contributed by atoms with Crippen molar-refractivity contribution in [1.82, 2.24) is 9.97 Å². The molecule has 0 aliphatic carbocycles. The number of halogens is 2. The van der Waals surface area contributed by atoms with Crippen LogP contribution in [0.3, 0.4) is 0 Å². The van der Waals surface area contributed by atoms with Crippen molar-refractivity contribution in [2.45, 2.75) is 11.1 Å². The van der Waals surface area contributed by atoms with E-state index in [2.05, 4.69) is 14.7 Å². The molecule has 0 saturated heterocycles. The molecule has 3 aromatic rings. The van der Waals surface area contributed by atoms with Crippen LogP contribution >= 0.6 is 45.9 Å². The zero-order chi connectivity index (χ0) is 15.2. The van der Waals surface area contributed by atoms with Crippen molar-refractivity contribution < 1.29 is 8.42 Å². The van der Waals surface area contributed by atoms with Gasteiger partial charge in [0.15, 0.2) is 8.68 Å². The number of hydrogen-bond acceptors (Lipinski definition) is 6. The summed E-state index contributed by atoms with van der Waals surface area (Å²) in [5, 5.41) is 0.283. The summed E-state index contributed by atoms with van der Waals surface area (Å²) in [6.45, 7) is 1.59. The highest BCUT2D eigenvalue weighted by Crippen LogP contribution is 2.35. The van der Waals surface area contributed by atoms with Gasteiger partial charge in [0.1, 0.15) is 5.52 Å². The molecule has 21 heavy (non-hydrogen) atoms. The van der Waals surface area contributed by atoms with E-state index in [9.17, 15) is 8.42 Å². The summed E-state index contributed by atoms with van der Waals surface area (Å²) in [5.74, 6) is 0. The summed E-state index contributed by atoms with van der Waals surface area (Å²) in [4.78, 5) is 8.07. The third kappa shape index (κ3) is 2.74. The second-order valence-electron chi connectivity index (χ2n) is 4.07. The van der Waals surface area contributed by atoms with E-state index in [4.69, 9.17) is 23.2 Å². The normalized spacial score (nSPS) is 12.0. The first-order chi connectivity index (χ1) is 9.88. The number of anilines is 1. The summed E-state index contributed by atoms with van der Waals surface area (Å²) < 4.78 is 28.5. The highest BCUT2D eigenvalue weighted by molar-refractivity contribution is 7.94. The Morgan fingerprint density at radius 3 is 2.71 bits per heavy atom. The lowest BCUT2D eigenvalue weighted by atomic mass is 10.3. The summed E-state index contributed by atoms with van der Waals surface area (Å²) in [6.07, 6.45) is 0. The molecule has 0 amide bonds. The van der Waals surface area contributed by atoms with Gasteiger partial charge in [0.25, 0.3) is 10.0 Å². The molecule has 2 heterocycles. The lowest BCUT2D eigenvalue weighted by Crippen LogP contribution is -2.13. The van der Waals surface area contributed by atoms with E-state index in [1.807, 2.05) is 0 Å². The van der Waals surface area contributed by atoms with E-state index in [1.165, 1.54) is 11.3 Å². The topological polar surface area (TPSA) is 72.0 Å². The van der Waals surface area contributed by atoms with E-state index < -0.39 is 10.0 Å². The van der Waals surface area contributed by atoms with Crippen LogP contribution < -0.4 is 4.72 Å². The van der Waals surface area contributed by atoms with Crippen molar-refractivity contribution in [3.8, 4) is 0 Å². The molecule has 0 saturated carbocycles. The molecule has 0 spiro atoms. The van der Waals surface area contributed by atoms with Gasteiger partial charge in [-0.1, -0.05) is 34.5 Å². The van der Waals surface area contributed by atoms with E-state index in [1.54, 1.807) is 24.6 Å². The number of rotatable bonds is 3. The first kappa shape index (κ1) is 15.0. The molecule has 1 aromatic carbocycles. The molecule has 5 nitrogen and oxygen atoms in total. The van der Waals surface area contributed by atoms with Gasteiger partial charge < -0.3 is 0 Å². The molecule has 0 fully saturated rings. The van der Waals surface area contributed by atoms with Crippen molar-refractivity contribution in [1.29, 1.82) is 0 Å². The zero-order valence-electron chi connectivity index (χ0n) is 10.4. The number of sulfonamides is 1. The highest BCUT2D eigenvalue weighted by atomic mass is 35.5. The third-order valence-electron chi connectivity index (χ3n) is 2.66. The first-order valence-electron chi connectivity index (χ1n) is 5.56. The Hall–Kier alpha value is -0.930. The van der Waals surface area contributed by atoms with Crippen molar-refractivity contribution in [2.24, 2.45) is 0 Å². The Balaban J connectivity index is 2.11. The quantitative estimate of drug-likeness (QED) is 0.740. The Kier molecular flexibility index (Phi) is 3.83. The van der Waals surface area contributed by atoms with Crippen molar-refractivity contribution in [3.05, 3.63) is 32.8 Å². The number of aryl methyl sites for hydroxylation is 1. The number of nitrogens with one attached hydrogen (secondary N) is 1. The van der Waals surface area contributed by atoms with Gasteiger partial charge in [-0.25, -0.2) is 18.4 Å². The van der Waals surface area contributed by atoms with Gasteiger partial charge in [0, 0.05) is 0 Å². The van der Waals surface area contributed by atoms with Gasteiger partial charge in [-0.2, -0.15) is 0 Å². The molecular weight excluding hydrogens is 373 g/mol. The molecule has 2 aromatic heterocycles. The van der Waals surface area contributed by atoms with Crippen LogP contribution in [0.15, 0.2) is 21.9 Å². The summed E-state index contributed by atoms with van der Waals surface area (Å²) in [7, 11) is -3.81. The minimum atomic E-state index is -3.81. The fraction of sp³-hybridized carbons (Fsp3) is 0.0909. The van der Waals surface area contributed by atoms with Crippen molar-refractivity contribution in [2.75, 3.05) is 4.72 Å². The fourth-order valence-corrected chi connectivity index (χ4v) is 5.55. The van der Waals surface area contributed by atoms with Gasteiger partial charge in [-0.3, -0.25) is 4.72 Å². The van der Waals surface area contributed by atoms with Gasteiger partial charge >= 0.3 is 0 Å². The minimum Gasteiger partial charge on any atom is -0.275 e. The van der Waals surface area contributed by atoms with Crippen LogP contribution in [0, 0.1) is 6.92 Å². The summed E-state index contributed by atoms with van der Waals surface area (Å²) in [6, 6.07) is 3.42. The first-order valence-corrected chi connectivity index (χ1v) is 9.49. The molecule has 0 bridgehead atoms. The number of benzene rings is 1. The predicted octanol–water partition coefficient (Wildman–Crippen LogP) is 4.17. The van der Waals surface area contributed by atoms with E-state index in [0.717, 1.165) is 16.0 Å². The second-order valence-corrected chi connectivity index (χ2v) is 8.82. The molecule has 0 atom stereocenters. The molecule has 0 unspecified atom stereocenters. The zero-order valence-corrected chi connectivity index (χ0v) is 14.4. The van der Waals surface area contributed by atoms with Crippen molar-refractivity contribution >= 4 is 71.8 Å². The molecule has 0 radical (unpaired) electrons. The Bertz CT molecular complexity index is 933. The molecule has 3 rings (SSSR count).